The van der Waals surface area contributed by atoms with Crippen molar-refractivity contribution in [3.63, 3.8) is 0 Å². The Bertz CT molecular complexity index is 2150. The molecule has 0 fully saturated rings. The fraction of sp³-hybridized carbons (Fsp3) is 0.451. The molecule has 0 amide bonds. The van der Waals surface area contributed by atoms with Crippen LogP contribution >= 0.6 is 0 Å². The average molecular weight is 942 g/mol. The summed E-state index contributed by atoms with van der Waals surface area (Å²) in [6.45, 7) is 28.7. The van der Waals surface area contributed by atoms with Crippen LogP contribution in [0.4, 0.5) is 0 Å². The van der Waals surface area contributed by atoms with E-state index in [9.17, 15) is 9.90 Å². The van der Waals surface area contributed by atoms with Crippen LogP contribution in [0, 0.1) is 37.2 Å². The number of fused-ring (bicyclic) bond motifs is 5. The Balaban J connectivity index is 0.000000385. The number of nitrogens with zero attached hydrogens (tertiary/aromatic N) is 2. The Morgan fingerprint density at radius 1 is 0.842 bits per heavy atom. The summed E-state index contributed by atoms with van der Waals surface area (Å²) in [4.78, 5) is 16.8. The summed E-state index contributed by atoms with van der Waals surface area (Å²) in [5, 5.41) is 12.4. The Hall–Kier alpha value is -3.73. The van der Waals surface area contributed by atoms with Gasteiger partial charge >= 0.3 is 0 Å². The first kappa shape index (κ1) is 46.0. The Morgan fingerprint density at radius 3 is 2.00 bits per heavy atom. The Morgan fingerprint density at radius 2 is 1.46 bits per heavy atom. The number of carbonyl (C=O) groups excluding carboxylic acids is 1. The van der Waals surface area contributed by atoms with E-state index >= 15 is 0 Å². The van der Waals surface area contributed by atoms with Crippen LogP contribution in [-0.2, 0) is 31.3 Å². The van der Waals surface area contributed by atoms with Gasteiger partial charge in [-0.25, -0.2) is 0 Å². The van der Waals surface area contributed by atoms with Gasteiger partial charge in [0.05, 0.1) is 11.6 Å². The molecule has 57 heavy (non-hydrogen) atoms. The van der Waals surface area contributed by atoms with E-state index in [0.29, 0.717) is 11.8 Å². The zero-order valence-corrected chi connectivity index (χ0v) is 39.3. The first-order chi connectivity index (χ1) is 26.5. The van der Waals surface area contributed by atoms with Gasteiger partial charge in [0.25, 0.3) is 6.71 Å². The molecule has 6 rings (SSSR count). The third kappa shape index (κ3) is 10.1. The van der Waals surface area contributed by atoms with Crippen LogP contribution in [0.25, 0.3) is 27.8 Å². The summed E-state index contributed by atoms with van der Waals surface area (Å²) >= 11 is 0. The van der Waals surface area contributed by atoms with Gasteiger partial charge in [-0.3, -0.25) is 9.78 Å². The molecule has 1 aromatic heterocycles. The molecule has 1 radical (unpaired) electrons. The molecule has 0 saturated carbocycles. The number of imidazole rings is 1. The number of carbonyl (C=O) groups is 1. The van der Waals surface area contributed by atoms with Crippen molar-refractivity contribution in [2.45, 2.75) is 134 Å². The van der Waals surface area contributed by atoms with Crippen molar-refractivity contribution >= 4 is 39.8 Å². The number of aromatic nitrogens is 2. The summed E-state index contributed by atoms with van der Waals surface area (Å²) in [5.74, 6) is 2.37. The van der Waals surface area contributed by atoms with Crippen LogP contribution in [-0.4, -0.2) is 27.2 Å². The molecule has 1 N–H and O–H groups in total. The molecule has 2 heterocycles. The minimum Gasteiger partial charge on any atom is -0.512 e. The summed E-state index contributed by atoms with van der Waals surface area (Å²) in [7, 11) is 0. The van der Waals surface area contributed by atoms with Gasteiger partial charge in [-0.1, -0.05) is 138 Å². The van der Waals surface area contributed by atoms with Crippen molar-refractivity contribution in [1.82, 2.24) is 9.55 Å². The molecule has 0 unspecified atom stereocenters. The van der Waals surface area contributed by atoms with Crippen LogP contribution < -0.4 is 16.5 Å². The molecule has 1 aliphatic rings. The van der Waals surface area contributed by atoms with E-state index in [-0.39, 0.29) is 55.6 Å². The fourth-order valence-corrected chi connectivity index (χ4v) is 8.80. The summed E-state index contributed by atoms with van der Waals surface area (Å²) < 4.78 is 2.43. The molecular formula is C51H66BIrN2O2-. The zero-order valence-electron chi connectivity index (χ0n) is 36.9. The number of rotatable bonds is 12. The second-order valence-electron chi connectivity index (χ2n) is 18.0. The largest absolute Gasteiger partial charge is 0.512 e. The quantitative estimate of drug-likeness (QED) is 0.0576. The number of allylic oxidation sites excluding steroid dienone is 2. The third-order valence-electron chi connectivity index (χ3n) is 11.6. The number of aryl methyl sites for hydroxylation is 2. The van der Waals surface area contributed by atoms with Gasteiger partial charge in [0.15, 0.2) is 5.78 Å². The second-order valence-corrected chi connectivity index (χ2v) is 18.0. The Kier molecular flexibility index (Phi) is 15.6. The predicted molar refractivity (Wildman–Crippen MR) is 241 cm³/mol. The summed E-state index contributed by atoms with van der Waals surface area (Å²) in [5.41, 5.74) is 13.3. The van der Waals surface area contributed by atoms with Crippen LogP contribution in [0.3, 0.4) is 0 Å². The van der Waals surface area contributed by atoms with Crippen molar-refractivity contribution in [1.29, 1.82) is 0 Å². The van der Waals surface area contributed by atoms with Gasteiger partial charge in [0, 0.05) is 55.5 Å². The van der Waals surface area contributed by atoms with Crippen LogP contribution in [0.15, 0.2) is 78.7 Å². The van der Waals surface area contributed by atoms with Crippen molar-refractivity contribution in [3.8, 4) is 17.1 Å². The van der Waals surface area contributed by atoms with E-state index < -0.39 is 0 Å². The first-order valence-electron chi connectivity index (χ1n) is 21.2. The number of benzene rings is 4. The van der Waals surface area contributed by atoms with Gasteiger partial charge in [-0.05, 0) is 88.3 Å². The predicted octanol–water partition coefficient (Wildman–Crippen LogP) is 11.6. The van der Waals surface area contributed by atoms with E-state index in [4.69, 9.17) is 4.98 Å². The smallest absolute Gasteiger partial charge is 0.267 e. The third-order valence-corrected chi connectivity index (χ3v) is 11.6. The average Bonchev–Trinajstić information content (AvgIpc) is 3.70. The minimum atomic E-state index is 0. The second kappa shape index (κ2) is 19.4. The zero-order chi connectivity index (χ0) is 41.1. The molecule has 4 aromatic carbocycles. The van der Waals surface area contributed by atoms with Crippen LogP contribution in [0.2, 0.25) is 0 Å². The molecule has 6 heteroatoms. The van der Waals surface area contributed by atoms with Crippen LogP contribution in [0.5, 0.6) is 0 Å². The topological polar surface area (TPSA) is 55.1 Å². The van der Waals surface area contributed by atoms with E-state index in [1.165, 1.54) is 61.3 Å². The monoisotopic (exact) mass is 942 g/mol. The van der Waals surface area contributed by atoms with Gasteiger partial charge in [-0.15, -0.1) is 34.9 Å². The molecule has 0 spiro atoms. The molecule has 0 aliphatic carbocycles. The minimum absolute atomic E-state index is 0. The maximum absolute atomic E-state index is 11.7. The van der Waals surface area contributed by atoms with Crippen molar-refractivity contribution < 1.29 is 30.0 Å². The number of aliphatic hydroxyl groups is 1. The number of aliphatic hydroxyl groups excluding tert-OH is 1. The van der Waals surface area contributed by atoms with E-state index in [2.05, 4.69) is 140 Å². The van der Waals surface area contributed by atoms with Gasteiger partial charge in [-0.2, -0.15) is 0 Å². The molecule has 5 aromatic rings. The molecule has 305 valence electrons. The number of hydrogen-bond donors (Lipinski definition) is 1. The molecule has 1 aliphatic heterocycles. The van der Waals surface area contributed by atoms with Crippen molar-refractivity contribution in [3.05, 3.63) is 113 Å². The molecular weight excluding hydrogens is 876 g/mol. The standard InChI is InChI=1S/C38H42BN2.C13H24O2.Ir/c1-23(2)30-11-10-12-31(24(3)4)35(30)39-34-22-40-37(29-18-25(5)17-26(6)19-29)41(34)33-16-14-28-20-27(21-38(7,8)9)13-15-32(28)36(33)39;1-5-10(6-2)12(14)9-13(15)11(7-3)8-4;/h10-18,20,22-24H,21H2,1-9H3;9-11,14H,5-8H2,1-4H3;/q-1;;/b;12-9-;. The van der Waals surface area contributed by atoms with Gasteiger partial charge < -0.3 is 9.67 Å². The summed E-state index contributed by atoms with van der Waals surface area (Å²) in [6, 6.07) is 26.8. The summed E-state index contributed by atoms with van der Waals surface area (Å²) in [6.07, 6.45) is 8.10. The maximum Gasteiger partial charge on any atom is 0.267 e. The first-order valence-corrected chi connectivity index (χ1v) is 21.2. The maximum atomic E-state index is 11.7. The molecule has 4 nitrogen and oxygen atoms in total. The van der Waals surface area contributed by atoms with Crippen molar-refractivity contribution in [2.24, 2.45) is 17.3 Å². The fourth-order valence-electron chi connectivity index (χ4n) is 8.80. The Labute approximate surface area is 358 Å². The number of hydrogen-bond acceptors (Lipinski definition) is 3. The van der Waals surface area contributed by atoms with E-state index in [0.717, 1.165) is 49.1 Å². The van der Waals surface area contributed by atoms with E-state index in [1.54, 1.807) is 0 Å². The SMILES string of the molecule is CCC(CC)C(=O)/C=C(\O)C(CC)CC.Cc1[c-]c(-c2ncc3n2-c2ccc4cc(CC(C)(C)C)ccc4c2B3c2c(C(C)C)cccc2C(C)C)cc(C)c1.[Ir]. The van der Waals surface area contributed by atoms with Gasteiger partial charge in [0.1, 0.15) is 0 Å². The van der Waals surface area contributed by atoms with Crippen LogP contribution in [0.1, 0.15) is 141 Å². The molecule has 0 bridgehead atoms. The molecule has 0 saturated heterocycles. The van der Waals surface area contributed by atoms with E-state index in [1.807, 2.05) is 27.7 Å². The number of ketones is 1. The van der Waals surface area contributed by atoms with Crippen molar-refractivity contribution in [2.75, 3.05) is 0 Å². The van der Waals surface area contributed by atoms with Gasteiger partial charge in [0.2, 0.25) is 0 Å². The molecule has 0 atom stereocenters. The normalized spacial score (nSPS) is 12.6.